The Balaban J connectivity index is 1.34. The SMILES string of the molecule is Cc1ccc(-c2nnc(C3CCCN(C(=O)c4ccc5nc(C)sc5c4)C3)o2)cn1. The zero-order chi connectivity index (χ0) is 20.7. The Labute approximate surface area is 177 Å². The number of hydrogen-bond acceptors (Lipinski definition) is 7. The number of carbonyl (C=O) groups excluding carboxylic acids is 1. The lowest BCUT2D eigenvalue weighted by Crippen LogP contribution is -2.39. The van der Waals surface area contributed by atoms with Gasteiger partial charge in [0.25, 0.3) is 5.91 Å². The molecule has 1 aliphatic heterocycles. The van der Waals surface area contributed by atoms with Crippen LogP contribution in [0.4, 0.5) is 0 Å². The standard InChI is InChI=1S/C22H21N5O2S/c1-13-5-6-16(11-23-13)20-25-26-21(29-20)17-4-3-9-27(12-17)22(28)15-7-8-18-19(10-15)30-14(2)24-18/h5-8,10-11,17H,3-4,9,12H2,1-2H3. The first-order valence-electron chi connectivity index (χ1n) is 10.00. The van der Waals surface area contributed by atoms with Crippen LogP contribution in [0.2, 0.25) is 0 Å². The molecule has 8 heteroatoms. The molecule has 1 saturated heterocycles. The summed E-state index contributed by atoms with van der Waals surface area (Å²) in [5.41, 5.74) is 3.38. The van der Waals surface area contributed by atoms with Crippen molar-refractivity contribution >= 4 is 27.5 Å². The van der Waals surface area contributed by atoms with Gasteiger partial charge >= 0.3 is 0 Å². The lowest BCUT2D eigenvalue weighted by molar-refractivity contribution is 0.0698. The van der Waals surface area contributed by atoms with E-state index in [-0.39, 0.29) is 11.8 Å². The summed E-state index contributed by atoms with van der Waals surface area (Å²) in [6.07, 6.45) is 3.56. The van der Waals surface area contributed by atoms with E-state index < -0.39 is 0 Å². The van der Waals surface area contributed by atoms with Crippen molar-refractivity contribution < 1.29 is 9.21 Å². The molecule has 1 unspecified atom stereocenters. The second kappa shape index (κ2) is 7.60. The molecule has 3 aromatic heterocycles. The fourth-order valence-electron chi connectivity index (χ4n) is 3.83. The van der Waals surface area contributed by atoms with Crippen molar-refractivity contribution in [2.75, 3.05) is 13.1 Å². The molecular formula is C22H21N5O2S. The first-order chi connectivity index (χ1) is 14.6. The third kappa shape index (κ3) is 3.59. The Kier molecular flexibility index (Phi) is 4.78. The summed E-state index contributed by atoms with van der Waals surface area (Å²) < 4.78 is 6.98. The molecule has 30 heavy (non-hydrogen) atoms. The first kappa shape index (κ1) is 18.9. The van der Waals surface area contributed by atoms with Crippen LogP contribution < -0.4 is 0 Å². The van der Waals surface area contributed by atoms with Gasteiger partial charge in [-0.1, -0.05) is 0 Å². The van der Waals surface area contributed by atoms with Gasteiger partial charge in [-0.2, -0.15) is 0 Å². The van der Waals surface area contributed by atoms with Crippen LogP contribution in [-0.4, -0.2) is 44.1 Å². The first-order valence-corrected chi connectivity index (χ1v) is 10.8. The molecule has 1 aromatic carbocycles. The molecule has 5 rings (SSSR count). The molecule has 1 fully saturated rings. The minimum atomic E-state index is 0.0372. The van der Waals surface area contributed by atoms with Gasteiger partial charge in [0, 0.05) is 30.5 Å². The number of fused-ring (bicyclic) bond motifs is 1. The molecule has 0 spiro atoms. The van der Waals surface area contributed by atoms with Crippen LogP contribution in [0.15, 0.2) is 40.9 Å². The molecule has 4 heterocycles. The van der Waals surface area contributed by atoms with E-state index in [1.54, 1.807) is 17.5 Å². The Morgan fingerprint density at radius 3 is 2.93 bits per heavy atom. The lowest BCUT2D eigenvalue weighted by atomic mass is 9.97. The van der Waals surface area contributed by atoms with Gasteiger partial charge in [-0.15, -0.1) is 21.5 Å². The van der Waals surface area contributed by atoms with Gasteiger partial charge in [0.05, 0.1) is 26.7 Å². The molecule has 4 aromatic rings. The van der Waals surface area contributed by atoms with E-state index in [4.69, 9.17) is 4.42 Å². The number of aryl methyl sites for hydroxylation is 2. The third-order valence-corrected chi connectivity index (χ3v) is 6.33. The summed E-state index contributed by atoms with van der Waals surface area (Å²) in [6, 6.07) is 9.58. The van der Waals surface area contributed by atoms with Crippen molar-refractivity contribution in [1.82, 2.24) is 25.1 Å². The van der Waals surface area contributed by atoms with Crippen molar-refractivity contribution in [3.8, 4) is 11.5 Å². The third-order valence-electron chi connectivity index (χ3n) is 5.40. The van der Waals surface area contributed by atoms with Crippen LogP contribution in [0.5, 0.6) is 0 Å². The molecule has 0 aliphatic carbocycles. The summed E-state index contributed by atoms with van der Waals surface area (Å²) in [6.45, 7) is 5.22. The summed E-state index contributed by atoms with van der Waals surface area (Å²) >= 11 is 1.61. The van der Waals surface area contributed by atoms with E-state index in [1.807, 2.05) is 49.1 Å². The number of aromatic nitrogens is 4. The zero-order valence-electron chi connectivity index (χ0n) is 16.8. The van der Waals surface area contributed by atoms with Crippen LogP contribution in [0.25, 0.3) is 21.7 Å². The van der Waals surface area contributed by atoms with Crippen LogP contribution in [-0.2, 0) is 0 Å². The number of benzene rings is 1. The predicted octanol–water partition coefficient (Wildman–Crippen LogP) is 4.38. The van der Waals surface area contributed by atoms with Gasteiger partial charge in [0.2, 0.25) is 11.8 Å². The number of hydrogen-bond donors (Lipinski definition) is 0. The lowest BCUT2D eigenvalue weighted by Gasteiger charge is -2.31. The Bertz CT molecular complexity index is 1210. The monoisotopic (exact) mass is 419 g/mol. The molecule has 7 nitrogen and oxygen atoms in total. The van der Waals surface area contributed by atoms with E-state index in [1.165, 1.54) is 0 Å². The highest BCUT2D eigenvalue weighted by atomic mass is 32.1. The number of nitrogens with zero attached hydrogens (tertiary/aromatic N) is 5. The smallest absolute Gasteiger partial charge is 0.253 e. The number of rotatable bonds is 3. The Hall–Kier alpha value is -3.13. The number of thiazole rings is 1. The Morgan fingerprint density at radius 2 is 2.10 bits per heavy atom. The molecule has 152 valence electrons. The quantitative estimate of drug-likeness (QED) is 0.490. The van der Waals surface area contributed by atoms with Gasteiger partial charge in [-0.25, -0.2) is 4.98 Å². The number of likely N-dealkylation sites (tertiary alicyclic amines) is 1. The minimum Gasteiger partial charge on any atom is -0.420 e. The van der Waals surface area contributed by atoms with Gasteiger partial charge in [-0.3, -0.25) is 9.78 Å². The van der Waals surface area contributed by atoms with Crippen molar-refractivity contribution in [3.63, 3.8) is 0 Å². The molecule has 1 amide bonds. The minimum absolute atomic E-state index is 0.0372. The average molecular weight is 420 g/mol. The maximum atomic E-state index is 13.1. The maximum Gasteiger partial charge on any atom is 0.253 e. The molecule has 0 radical (unpaired) electrons. The number of amides is 1. The molecule has 1 aliphatic rings. The molecule has 0 bridgehead atoms. The van der Waals surface area contributed by atoms with E-state index in [0.29, 0.717) is 23.9 Å². The summed E-state index contributed by atoms with van der Waals surface area (Å²) in [5.74, 6) is 1.12. The molecule has 1 atom stereocenters. The van der Waals surface area contributed by atoms with Gasteiger partial charge < -0.3 is 9.32 Å². The normalized spacial score (nSPS) is 16.9. The molecule has 0 N–H and O–H groups in total. The Morgan fingerprint density at radius 1 is 1.20 bits per heavy atom. The van der Waals surface area contributed by atoms with Crippen LogP contribution in [0.1, 0.15) is 45.7 Å². The number of carbonyl (C=O) groups is 1. The highest BCUT2D eigenvalue weighted by Crippen LogP contribution is 2.30. The van der Waals surface area contributed by atoms with Crippen molar-refractivity contribution in [2.24, 2.45) is 0 Å². The van der Waals surface area contributed by atoms with Gasteiger partial charge in [0.1, 0.15) is 0 Å². The van der Waals surface area contributed by atoms with E-state index in [2.05, 4.69) is 20.2 Å². The second-order valence-corrected chi connectivity index (χ2v) is 8.87. The van der Waals surface area contributed by atoms with Gasteiger partial charge in [-0.05, 0) is 57.0 Å². The topological polar surface area (TPSA) is 85.0 Å². The van der Waals surface area contributed by atoms with Crippen molar-refractivity contribution in [1.29, 1.82) is 0 Å². The van der Waals surface area contributed by atoms with Gasteiger partial charge in [0.15, 0.2) is 0 Å². The highest BCUT2D eigenvalue weighted by Gasteiger charge is 2.29. The summed E-state index contributed by atoms with van der Waals surface area (Å²) in [7, 11) is 0. The molecular weight excluding hydrogens is 398 g/mol. The van der Waals surface area contributed by atoms with E-state index in [0.717, 1.165) is 45.9 Å². The maximum absolute atomic E-state index is 13.1. The van der Waals surface area contributed by atoms with Crippen LogP contribution in [0, 0.1) is 13.8 Å². The zero-order valence-corrected chi connectivity index (χ0v) is 17.6. The van der Waals surface area contributed by atoms with E-state index in [9.17, 15) is 4.79 Å². The number of piperidine rings is 1. The van der Waals surface area contributed by atoms with E-state index >= 15 is 0 Å². The highest BCUT2D eigenvalue weighted by molar-refractivity contribution is 7.18. The fraction of sp³-hybridized carbons (Fsp3) is 0.318. The van der Waals surface area contributed by atoms with Crippen LogP contribution >= 0.6 is 11.3 Å². The van der Waals surface area contributed by atoms with Crippen LogP contribution in [0.3, 0.4) is 0 Å². The number of pyridine rings is 1. The van der Waals surface area contributed by atoms with Crippen molar-refractivity contribution in [3.05, 3.63) is 58.7 Å². The average Bonchev–Trinajstić information content (AvgIpc) is 3.39. The fourth-order valence-corrected chi connectivity index (χ4v) is 4.70. The largest absolute Gasteiger partial charge is 0.420 e. The summed E-state index contributed by atoms with van der Waals surface area (Å²) in [5, 5.41) is 9.45. The predicted molar refractivity (Wildman–Crippen MR) is 115 cm³/mol. The molecule has 0 saturated carbocycles. The second-order valence-electron chi connectivity index (χ2n) is 7.64. The van der Waals surface area contributed by atoms with Crippen molar-refractivity contribution in [2.45, 2.75) is 32.6 Å². The summed E-state index contributed by atoms with van der Waals surface area (Å²) in [4.78, 5) is 23.8.